The molecule has 130 valence electrons. The molecular formula is C19H15N3O4. The summed E-state index contributed by atoms with van der Waals surface area (Å²) in [6, 6.07) is 13.7. The molecule has 0 saturated heterocycles. The number of hydrogen-bond acceptors (Lipinski definition) is 7. The summed E-state index contributed by atoms with van der Waals surface area (Å²) in [5.74, 6) is -0.445. The molecule has 0 spiro atoms. The normalized spacial score (nSPS) is 11.2. The number of carbonyl (C=O) groups is 1. The average Bonchev–Trinajstić information content (AvgIpc) is 3.07. The predicted octanol–water partition coefficient (Wildman–Crippen LogP) is 3.58. The highest BCUT2D eigenvalue weighted by Crippen LogP contribution is 2.33. The average molecular weight is 349 g/mol. The summed E-state index contributed by atoms with van der Waals surface area (Å²) < 4.78 is 10.5. The van der Waals surface area contributed by atoms with Gasteiger partial charge in [-0.15, -0.1) is 0 Å². The molecule has 0 aliphatic heterocycles. The summed E-state index contributed by atoms with van der Waals surface area (Å²) in [5.41, 5.74) is 2.04. The van der Waals surface area contributed by atoms with Crippen molar-refractivity contribution in [1.29, 1.82) is 5.26 Å². The number of phenolic OH excluding ortho intramolecular Hbond substituents is 1. The lowest BCUT2D eigenvalue weighted by molar-refractivity contribution is -0.138. The van der Waals surface area contributed by atoms with Crippen molar-refractivity contribution in [2.75, 3.05) is 11.9 Å². The highest BCUT2D eigenvalue weighted by molar-refractivity contribution is 5.93. The van der Waals surface area contributed by atoms with Crippen molar-refractivity contribution in [1.82, 2.24) is 4.98 Å². The van der Waals surface area contributed by atoms with Crippen LogP contribution >= 0.6 is 0 Å². The molecule has 2 aromatic carbocycles. The number of benzene rings is 2. The maximum atomic E-state index is 11.6. The number of aromatic nitrogens is 1. The van der Waals surface area contributed by atoms with Gasteiger partial charge in [0.25, 0.3) is 0 Å². The summed E-state index contributed by atoms with van der Waals surface area (Å²) in [5, 5.41) is 22.0. The maximum Gasteiger partial charge on any atom is 0.350 e. The van der Waals surface area contributed by atoms with E-state index in [-0.39, 0.29) is 23.8 Å². The fourth-order valence-corrected chi connectivity index (χ4v) is 2.29. The molecule has 0 bridgehead atoms. The molecule has 0 saturated carbocycles. The van der Waals surface area contributed by atoms with Gasteiger partial charge in [0, 0.05) is 11.9 Å². The van der Waals surface area contributed by atoms with Crippen molar-refractivity contribution in [3.8, 4) is 23.3 Å². The maximum absolute atomic E-state index is 11.6. The van der Waals surface area contributed by atoms with Crippen LogP contribution in [0.4, 0.5) is 5.69 Å². The molecule has 2 N–H and O–H groups in total. The van der Waals surface area contributed by atoms with E-state index in [4.69, 9.17) is 14.4 Å². The summed E-state index contributed by atoms with van der Waals surface area (Å²) in [6.07, 6.45) is 1.25. The van der Waals surface area contributed by atoms with Gasteiger partial charge in [-0.1, -0.05) is 12.1 Å². The van der Waals surface area contributed by atoms with Crippen molar-refractivity contribution in [3.05, 3.63) is 54.2 Å². The quantitative estimate of drug-likeness (QED) is 0.313. The van der Waals surface area contributed by atoms with E-state index >= 15 is 0 Å². The first kappa shape index (κ1) is 17.0. The van der Waals surface area contributed by atoms with E-state index in [0.29, 0.717) is 22.4 Å². The van der Waals surface area contributed by atoms with Gasteiger partial charge in [-0.05, 0) is 37.3 Å². The van der Waals surface area contributed by atoms with Gasteiger partial charge in [-0.3, -0.25) is 0 Å². The second-order valence-corrected chi connectivity index (χ2v) is 5.25. The second kappa shape index (κ2) is 7.40. The van der Waals surface area contributed by atoms with Crippen LogP contribution in [0.15, 0.2) is 58.7 Å². The molecule has 0 fully saturated rings. The zero-order valence-corrected chi connectivity index (χ0v) is 13.9. The van der Waals surface area contributed by atoms with Gasteiger partial charge in [0.2, 0.25) is 5.89 Å². The molecule has 1 aromatic heterocycles. The monoisotopic (exact) mass is 349 g/mol. The number of oxazole rings is 1. The van der Waals surface area contributed by atoms with E-state index in [2.05, 4.69) is 10.3 Å². The number of nitrogens with one attached hydrogen (secondary N) is 1. The minimum Gasteiger partial charge on any atom is -0.507 e. The van der Waals surface area contributed by atoms with E-state index in [9.17, 15) is 9.90 Å². The van der Waals surface area contributed by atoms with Crippen LogP contribution in [0.1, 0.15) is 6.92 Å². The Morgan fingerprint density at radius 3 is 2.92 bits per heavy atom. The Morgan fingerprint density at radius 1 is 1.38 bits per heavy atom. The van der Waals surface area contributed by atoms with Crippen LogP contribution in [0.3, 0.4) is 0 Å². The molecule has 1 heterocycles. The highest BCUT2D eigenvalue weighted by Gasteiger charge is 2.13. The minimum absolute atomic E-state index is 0.00279. The van der Waals surface area contributed by atoms with E-state index < -0.39 is 5.97 Å². The Bertz CT molecular complexity index is 998. The zero-order chi connectivity index (χ0) is 18.5. The van der Waals surface area contributed by atoms with Gasteiger partial charge in [0.15, 0.2) is 11.2 Å². The number of hydrogen-bond donors (Lipinski definition) is 2. The smallest absolute Gasteiger partial charge is 0.350 e. The molecule has 26 heavy (non-hydrogen) atoms. The van der Waals surface area contributed by atoms with Crippen molar-refractivity contribution in [3.63, 3.8) is 0 Å². The summed E-state index contributed by atoms with van der Waals surface area (Å²) in [6.45, 7) is 1.84. The van der Waals surface area contributed by atoms with Gasteiger partial charge in [-0.25, -0.2) is 9.78 Å². The number of nitrogens with zero attached hydrogens (tertiary/aromatic N) is 2. The SMILES string of the molecule is CCOC(=O)/C(C#N)=C/Nc1ccc(O)c(-c2nc3ccccc3o2)c1. The van der Waals surface area contributed by atoms with E-state index in [1.165, 1.54) is 12.3 Å². The Morgan fingerprint density at radius 2 is 2.19 bits per heavy atom. The third-order valence-electron chi connectivity index (χ3n) is 3.52. The molecule has 0 atom stereocenters. The number of para-hydroxylation sites is 2. The van der Waals surface area contributed by atoms with Gasteiger partial charge in [0.05, 0.1) is 12.2 Å². The van der Waals surface area contributed by atoms with E-state index in [0.717, 1.165) is 0 Å². The topological polar surface area (TPSA) is 108 Å². The number of carbonyl (C=O) groups excluding carboxylic acids is 1. The Kier molecular flexibility index (Phi) is 4.85. The van der Waals surface area contributed by atoms with Gasteiger partial charge < -0.3 is 19.6 Å². The fraction of sp³-hybridized carbons (Fsp3) is 0.105. The first-order valence-corrected chi connectivity index (χ1v) is 7.85. The van der Waals surface area contributed by atoms with Crippen LogP contribution in [-0.4, -0.2) is 22.7 Å². The van der Waals surface area contributed by atoms with Crippen molar-refractivity contribution in [2.24, 2.45) is 0 Å². The number of esters is 1. The van der Waals surface area contributed by atoms with Crippen LogP contribution in [0, 0.1) is 11.3 Å². The third kappa shape index (κ3) is 3.49. The van der Waals surface area contributed by atoms with Crippen molar-refractivity contribution >= 4 is 22.8 Å². The Labute approximate surface area is 149 Å². The Hall–Kier alpha value is -3.79. The number of rotatable bonds is 5. The molecule has 7 nitrogen and oxygen atoms in total. The minimum atomic E-state index is -0.708. The number of anilines is 1. The largest absolute Gasteiger partial charge is 0.507 e. The molecule has 0 aliphatic rings. The van der Waals surface area contributed by atoms with Crippen LogP contribution in [0.2, 0.25) is 0 Å². The molecule has 3 rings (SSSR count). The van der Waals surface area contributed by atoms with Crippen LogP contribution in [0.25, 0.3) is 22.6 Å². The van der Waals surface area contributed by atoms with Crippen LogP contribution in [0.5, 0.6) is 5.75 Å². The third-order valence-corrected chi connectivity index (χ3v) is 3.52. The van der Waals surface area contributed by atoms with Crippen LogP contribution < -0.4 is 5.32 Å². The van der Waals surface area contributed by atoms with Gasteiger partial charge in [-0.2, -0.15) is 5.26 Å². The van der Waals surface area contributed by atoms with E-state index in [1.807, 2.05) is 18.2 Å². The molecule has 3 aromatic rings. The molecule has 0 aliphatic carbocycles. The first-order chi connectivity index (χ1) is 12.6. The number of phenols is 1. The summed E-state index contributed by atoms with van der Waals surface area (Å²) >= 11 is 0. The molecular weight excluding hydrogens is 334 g/mol. The summed E-state index contributed by atoms with van der Waals surface area (Å²) in [7, 11) is 0. The second-order valence-electron chi connectivity index (χ2n) is 5.25. The molecule has 0 unspecified atom stereocenters. The predicted molar refractivity (Wildman–Crippen MR) is 95.1 cm³/mol. The van der Waals surface area contributed by atoms with E-state index in [1.54, 1.807) is 31.2 Å². The number of aromatic hydroxyl groups is 1. The Balaban J connectivity index is 1.90. The number of ether oxygens (including phenoxy) is 1. The van der Waals surface area contributed by atoms with Gasteiger partial charge >= 0.3 is 5.97 Å². The lowest BCUT2D eigenvalue weighted by atomic mass is 10.1. The van der Waals surface area contributed by atoms with Gasteiger partial charge in [0.1, 0.15) is 17.3 Å². The molecule has 7 heteroatoms. The number of nitriles is 1. The van der Waals surface area contributed by atoms with Crippen molar-refractivity contribution < 1.29 is 19.1 Å². The number of fused-ring (bicyclic) bond motifs is 1. The lowest BCUT2D eigenvalue weighted by Crippen LogP contribution is -2.07. The summed E-state index contributed by atoms with van der Waals surface area (Å²) in [4.78, 5) is 16.0. The molecule has 0 radical (unpaired) electrons. The van der Waals surface area contributed by atoms with Crippen LogP contribution in [-0.2, 0) is 9.53 Å². The zero-order valence-electron chi connectivity index (χ0n) is 13.9. The highest BCUT2D eigenvalue weighted by atomic mass is 16.5. The standard InChI is InChI=1S/C19H15N3O4/c1-2-25-19(24)12(10-20)11-21-13-7-8-16(23)14(9-13)18-22-15-5-3-4-6-17(15)26-18/h3-9,11,21,23H,2H2,1H3/b12-11+. The lowest BCUT2D eigenvalue weighted by Gasteiger charge is -2.06. The molecule has 0 amide bonds. The first-order valence-electron chi connectivity index (χ1n) is 7.85. The van der Waals surface area contributed by atoms with Crippen molar-refractivity contribution in [2.45, 2.75) is 6.92 Å². The fourth-order valence-electron chi connectivity index (χ4n) is 2.29.